The average Bonchev–Trinajstić information content (AvgIpc) is 2.65. The van der Waals surface area contributed by atoms with E-state index in [9.17, 15) is 18.0 Å². The number of ether oxygens (including phenoxy) is 1. The summed E-state index contributed by atoms with van der Waals surface area (Å²) in [5.41, 5.74) is 0.302. The van der Waals surface area contributed by atoms with Crippen LogP contribution in [-0.2, 0) is 19.6 Å². The van der Waals surface area contributed by atoms with Crippen LogP contribution in [0.5, 0.6) is 0 Å². The Bertz CT molecular complexity index is 965. The normalized spacial score (nSPS) is 11.9. The average molecular weight is 531 g/mol. The fourth-order valence-corrected chi connectivity index (χ4v) is 4.31. The molecule has 0 aliphatic rings. The van der Waals surface area contributed by atoms with Gasteiger partial charge in [0.1, 0.15) is 12.1 Å². The predicted molar refractivity (Wildman–Crippen MR) is 106 cm³/mol. The van der Waals surface area contributed by atoms with E-state index in [4.69, 9.17) is 4.74 Å². The zero-order chi connectivity index (χ0) is 21.7. The van der Waals surface area contributed by atoms with Crippen LogP contribution < -0.4 is 31.2 Å². The van der Waals surface area contributed by atoms with Crippen LogP contribution in [0.4, 0.5) is 5.69 Å². The molecule has 0 bridgehead atoms. The van der Waals surface area contributed by atoms with Crippen molar-refractivity contribution in [1.82, 2.24) is 4.72 Å². The van der Waals surface area contributed by atoms with E-state index in [0.717, 1.165) is 0 Å². The van der Waals surface area contributed by atoms with Crippen LogP contribution in [0.15, 0.2) is 53.4 Å². The van der Waals surface area contributed by atoms with Crippen LogP contribution in [0.2, 0.25) is 0 Å². The van der Waals surface area contributed by atoms with Crippen LogP contribution >= 0.6 is 0 Å². The zero-order valence-corrected chi connectivity index (χ0v) is 19.6. The molecule has 2 rings (SSSR count). The summed E-state index contributed by atoms with van der Waals surface area (Å²) in [6.07, 6.45) is 0. The monoisotopic (exact) mass is 531 g/mol. The molecular weight excluding hydrogens is 507 g/mol. The van der Waals surface area contributed by atoms with Crippen molar-refractivity contribution in [3.8, 4) is 0 Å². The number of hydrogen-bond donors (Lipinski definition) is 2. The summed E-state index contributed by atoms with van der Waals surface area (Å²) in [5.74, 6) is -0.939. The van der Waals surface area contributed by atoms with E-state index < -0.39 is 28.1 Å². The molecule has 0 saturated carbocycles. The second-order valence-corrected chi connectivity index (χ2v) is 11.2. The minimum atomic E-state index is -3.88. The summed E-state index contributed by atoms with van der Waals surface area (Å²) in [6.45, 7) is 4.64. The summed E-state index contributed by atoms with van der Waals surface area (Å²) >= 11 is -0.0261. The van der Waals surface area contributed by atoms with Crippen molar-refractivity contribution in [1.29, 1.82) is 0 Å². The summed E-state index contributed by atoms with van der Waals surface area (Å²) in [6, 6.07) is 13.1. The number of alkyl halides is 1. The molecule has 0 heterocycles. The third kappa shape index (κ3) is 7.41. The van der Waals surface area contributed by atoms with Crippen LogP contribution in [-0.4, -0.2) is 37.4 Å². The molecule has 2 aromatic carbocycles. The number of hydrogen-bond acceptors (Lipinski definition) is 5. The fourth-order valence-electron chi connectivity index (χ4n) is 2.26. The molecule has 0 fully saturated rings. The van der Waals surface area contributed by atoms with E-state index in [-0.39, 0.29) is 32.0 Å². The van der Waals surface area contributed by atoms with Gasteiger partial charge in [-0.05, 0) is 20.8 Å². The van der Waals surface area contributed by atoms with Gasteiger partial charge >= 0.3 is 140 Å². The molecule has 0 spiro atoms. The van der Waals surface area contributed by atoms with Gasteiger partial charge in [-0.1, -0.05) is 0 Å². The Morgan fingerprint density at radius 1 is 1.00 bits per heavy atom. The van der Waals surface area contributed by atoms with Gasteiger partial charge in [-0.25, -0.2) is 0 Å². The van der Waals surface area contributed by atoms with Gasteiger partial charge in [-0.2, -0.15) is 0 Å². The van der Waals surface area contributed by atoms with Gasteiger partial charge < -0.3 is 4.74 Å². The summed E-state index contributed by atoms with van der Waals surface area (Å²) in [5, 5.41) is 2.73. The van der Waals surface area contributed by atoms with Crippen molar-refractivity contribution in [2.24, 2.45) is 0 Å². The van der Waals surface area contributed by atoms with E-state index in [0.29, 0.717) is 11.3 Å². The number of sulfonamides is 1. The number of esters is 1. The molecule has 2 N–H and O–H groups in total. The first-order chi connectivity index (χ1) is 13.5. The van der Waals surface area contributed by atoms with Gasteiger partial charge in [0.15, 0.2) is 0 Å². The van der Waals surface area contributed by atoms with Crippen molar-refractivity contribution < 1.29 is 43.9 Å². The molecule has 29 heavy (non-hydrogen) atoms. The Kier molecular flexibility index (Phi) is 7.78. The maximum absolute atomic E-state index is 12.3. The number of nitrogens with one attached hydrogen (secondary N) is 2. The van der Waals surface area contributed by atoms with Crippen molar-refractivity contribution in [3.05, 3.63) is 57.7 Å². The Balaban J connectivity index is 1.99. The molecule has 0 saturated heterocycles. The van der Waals surface area contributed by atoms with Gasteiger partial charge in [0, 0.05) is 0 Å². The molecule has 9 heteroatoms. The second-order valence-electron chi connectivity index (χ2n) is 7.09. The number of amides is 1. The van der Waals surface area contributed by atoms with E-state index in [1.165, 1.54) is 27.8 Å². The van der Waals surface area contributed by atoms with E-state index in [1.807, 2.05) is 12.1 Å². The number of anilines is 1. The first kappa shape index (κ1) is 23.3. The molecule has 158 valence electrons. The SMILES string of the molecule is C[I-]c1ccc(C(=O)Nc2ccc(S(=O)(=O)NCC(=O)OC(C)(C)C)cc2)cc1. The Hall–Kier alpha value is -1.98. The quantitative estimate of drug-likeness (QED) is 0.284. The molecular formula is C20H24IN2O5S-. The van der Waals surface area contributed by atoms with E-state index >= 15 is 0 Å². The number of carbonyl (C=O) groups excluding carboxylic acids is 2. The first-order valence-corrected chi connectivity index (χ1v) is 13.4. The topological polar surface area (TPSA) is 102 Å². The van der Waals surface area contributed by atoms with E-state index in [1.54, 1.807) is 32.9 Å². The standard InChI is InChI=1S/C20H24IN2O5S/c1-20(2,3)28-18(24)13-22-29(26,27)17-11-9-16(10-12-17)23-19(25)14-5-7-15(21-4)8-6-14/h5-12,22H,13H2,1-4H3,(H,23,25)/q-1. The van der Waals surface area contributed by atoms with Crippen LogP contribution in [0.3, 0.4) is 0 Å². The van der Waals surface area contributed by atoms with Crippen molar-refractivity contribution in [2.75, 3.05) is 16.8 Å². The molecule has 0 aliphatic heterocycles. The first-order valence-electron chi connectivity index (χ1n) is 8.72. The van der Waals surface area contributed by atoms with Gasteiger partial charge in [-0.3, -0.25) is 4.79 Å². The summed E-state index contributed by atoms with van der Waals surface area (Å²) in [7, 11) is -3.88. The molecule has 0 atom stereocenters. The van der Waals surface area contributed by atoms with E-state index in [2.05, 4.69) is 15.0 Å². The number of rotatable bonds is 7. The van der Waals surface area contributed by atoms with Gasteiger partial charge in [0.05, 0.1) is 0 Å². The van der Waals surface area contributed by atoms with Crippen LogP contribution in [0.1, 0.15) is 31.1 Å². The summed E-state index contributed by atoms with van der Waals surface area (Å²) in [4.78, 5) is 26.1. The zero-order valence-electron chi connectivity index (χ0n) is 16.7. The van der Waals surface area contributed by atoms with Crippen LogP contribution in [0.25, 0.3) is 0 Å². The number of carbonyl (C=O) groups is 2. The summed E-state index contributed by atoms with van der Waals surface area (Å²) < 4.78 is 33.2. The third-order valence-electron chi connectivity index (χ3n) is 3.57. The Morgan fingerprint density at radius 3 is 2.10 bits per heavy atom. The molecule has 0 radical (unpaired) electrons. The minimum absolute atomic E-state index is 0.0183. The predicted octanol–water partition coefficient (Wildman–Crippen LogP) is -0.553. The molecule has 2 aromatic rings. The fraction of sp³-hybridized carbons (Fsp3) is 0.300. The van der Waals surface area contributed by atoms with Crippen molar-refractivity contribution >= 4 is 27.6 Å². The third-order valence-corrected chi connectivity index (χ3v) is 6.96. The molecule has 0 aromatic heterocycles. The van der Waals surface area contributed by atoms with Crippen molar-refractivity contribution in [2.45, 2.75) is 31.3 Å². The molecule has 7 nitrogen and oxygen atoms in total. The van der Waals surface area contributed by atoms with Gasteiger partial charge in [0.25, 0.3) is 0 Å². The van der Waals surface area contributed by atoms with Crippen molar-refractivity contribution in [3.63, 3.8) is 0 Å². The number of halogens is 1. The molecule has 0 unspecified atom stereocenters. The second kappa shape index (κ2) is 9.68. The molecule has 1 amide bonds. The number of benzene rings is 2. The maximum atomic E-state index is 12.3. The Labute approximate surface area is 181 Å². The van der Waals surface area contributed by atoms with Gasteiger partial charge in [0.2, 0.25) is 0 Å². The van der Waals surface area contributed by atoms with Crippen LogP contribution in [0, 0.1) is 3.57 Å². The van der Waals surface area contributed by atoms with Gasteiger partial charge in [-0.15, -0.1) is 0 Å². The Morgan fingerprint density at radius 2 is 1.59 bits per heavy atom. The molecule has 0 aliphatic carbocycles.